The van der Waals surface area contributed by atoms with Gasteiger partial charge in [0, 0.05) is 30.5 Å². The second kappa shape index (κ2) is 5.64. The smallest absolute Gasteiger partial charge is 0.213 e. The number of alkyl halides is 1. The second-order valence-electron chi connectivity index (χ2n) is 4.06. The lowest BCUT2D eigenvalue weighted by molar-refractivity contribution is 0.267. The molecule has 16 heavy (non-hydrogen) atoms. The Hall–Kier alpha value is -0.610. The summed E-state index contributed by atoms with van der Waals surface area (Å²) >= 11 is 3.50. The summed E-state index contributed by atoms with van der Waals surface area (Å²) in [6, 6.07) is 6.72. The minimum Gasteiger partial charge on any atom is -0.481 e. The van der Waals surface area contributed by atoms with Crippen LogP contribution in [0, 0.1) is 0 Å². The van der Waals surface area contributed by atoms with Crippen molar-refractivity contribution < 1.29 is 4.74 Å². The minimum absolute atomic E-state index is 0.701. The highest BCUT2D eigenvalue weighted by Crippen LogP contribution is 2.28. The monoisotopic (exact) mass is 284 g/mol. The van der Waals surface area contributed by atoms with Crippen LogP contribution in [0.15, 0.2) is 18.2 Å². The van der Waals surface area contributed by atoms with Crippen LogP contribution in [0.2, 0.25) is 0 Å². The fourth-order valence-corrected chi connectivity index (χ4v) is 2.26. The Morgan fingerprint density at radius 1 is 1.50 bits per heavy atom. The van der Waals surface area contributed by atoms with Crippen LogP contribution in [-0.2, 0) is 6.54 Å². The van der Waals surface area contributed by atoms with Crippen LogP contribution in [0.3, 0.4) is 0 Å². The van der Waals surface area contributed by atoms with Gasteiger partial charge in [0.05, 0.1) is 12.8 Å². The number of pyridine rings is 1. The lowest BCUT2D eigenvalue weighted by atomic mass is 10.3. The SMILES string of the molecule is COc1cccc(CN(CCBr)C2CC2)n1. The molecule has 1 aromatic heterocycles. The number of halogens is 1. The van der Waals surface area contributed by atoms with Gasteiger partial charge in [0.2, 0.25) is 5.88 Å². The van der Waals surface area contributed by atoms with Crippen LogP contribution in [0.1, 0.15) is 18.5 Å². The van der Waals surface area contributed by atoms with Gasteiger partial charge in [-0.2, -0.15) is 0 Å². The summed E-state index contributed by atoms with van der Waals surface area (Å²) in [5.41, 5.74) is 1.09. The quantitative estimate of drug-likeness (QED) is 0.751. The van der Waals surface area contributed by atoms with Crippen LogP contribution in [0.25, 0.3) is 0 Å². The average Bonchev–Trinajstić information content (AvgIpc) is 3.13. The molecule has 1 saturated carbocycles. The van der Waals surface area contributed by atoms with Gasteiger partial charge in [0.25, 0.3) is 0 Å². The Morgan fingerprint density at radius 3 is 2.94 bits per heavy atom. The van der Waals surface area contributed by atoms with Gasteiger partial charge in [-0.25, -0.2) is 4.98 Å². The molecule has 1 fully saturated rings. The van der Waals surface area contributed by atoms with E-state index in [0.29, 0.717) is 5.88 Å². The fraction of sp³-hybridized carbons (Fsp3) is 0.583. The predicted molar refractivity (Wildman–Crippen MR) is 68.0 cm³/mol. The van der Waals surface area contributed by atoms with Crippen molar-refractivity contribution in [1.29, 1.82) is 0 Å². The molecule has 0 saturated heterocycles. The number of methoxy groups -OCH3 is 1. The summed E-state index contributed by atoms with van der Waals surface area (Å²) in [6.45, 7) is 2.01. The number of ether oxygens (including phenoxy) is 1. The largest absolute Gasteiger partial charge is 0.481 e. The third kappa shape index (κ3) is 3.19. The van der Waals surface area contributed by atoms with E-state index in [1.54, 1.807) is 7.11 Å². The van der Waals surface area contributed by atoms with Crippen LogP contribution in [-0.4, -0.2) is 34.9 Å². The van der Waals surface area contributed by atoms with Crippen LogP contribution >= 0.6 is 15.9 Å². The zero-order valence-corrected chi connectivity index (χ0v) is 11.1. The molecule has 0 spiro atoms. The Kier molecular flexibility index (Phi) is 4.18. The molecule has 1 aliphatic carbocycles. The van der Waals surface area contributed by atoms with Crippen LogP contribution in [0.5, 0.6) is 5.88 Å². The van der Waals surface area contributed by atoms with E-state index in [2.05, 4.69) is 31.9 Å². The van der Waals surface area contributed by atoms with E-state index in [9.17, 15) is 0 Å². The fourth-order valence-electron chi connectivity index (χ4n) is 1.81. The first-order valence-electron chi connectivity index (χ1n) is 5.63. The van der Waals surface area contributed by atoms with E-state index in [1.165, 1.54) is 12.8 Å². The van der Waals surface area contributed by atoms with Crippen molar-refractivity contribution in [3.63, 3.8) is 0 Å². The van der Waals surface area contributed by atoms with E-state index in [-0.39, 0.29) is 0 Å². The van der Waals surface area contributed by atoms with E-state index < -0.39 is 0 Å². The van der Waals surface area contributed by atoms with Crippen LogP contribution in [0.4, 0.5) is 0 Å². The second-order valence-corrected chi connectivity index (χ2v) is 4.85. The van der Waals surface area contributed by atoms with Gasteiger partial charge < -0.3 is 4.74 Å². The molecule has 0 aliphatic heterocycles. The van der Waals surface area contributed by atoms with Crippen molar-refractivity contribution >= 4 is 15.9 Å². The van der Waals surface area contributed by atoms with E-state index in [1.807, 2.05) is 12.1 Å². The number of hydrogen-bond donors (Lipinski definition) is 0. The molecule has 0 amide bonds. The maximum absolute atomic E-state index is 5.13. The lowest BCUT2D eigenvalue weighted by Crippen LogP contribution is -2.27. The van der Waals surface area contributed by atoms with E-state index in [0.717, 1.165) is 30.2 Å². The standard InChI is InChI=1S/C12H17BrN2O/c1-16-12-4-2-3-10(14-12)9-15(8-7-13)11-5-6-11/h2-4,11H,5-9H2,1H3. The molecule has 1 heterocycles. The minimum atomic E-state index is 0.701. The van der Waals surface area contributed by atoms with Gasteiger partial charge in [-0.05, 0) is 18.9 Å². The summed E-state index contributed by atoms with van der Waals surface area (Å²) in [5.74, 6) is 0.701. The highest BCUT2D eigenvalue weighted by Gasteiger charge is 2.28. The Bertz CT molecular complexity index is 342. The maximum Gasteiger partial charge on any atom is 0.213 e. The van der Waals surface area contributed by atoms with Crippen molar-refractivity contribution in [3.8, 4) is 5.88 Å². The summed E-state index contributed by atoms with van der Waals surface area (Å²) in [6.07, 6.45) is 2.66. The van der Waals surface area contributed by atoms with Gasteiger partial charge in [0.1, 0.15) is 0 Å². The van der Waals surface area contributed by atoms with Gasteiger partial charge in [-0.1, -0.05) is 22.0 Å². The summed E-state index contributed by atoms with van der Waals surface area (Å²) < 4.78 is 5.13. The molecular weight excluding hydrogens is 268 g/mol. The molecule has 4 heteroatoms. The van der Waals surface area contributed by atoms with Gasteiger partial charge >= 0.3 is 0 Å². The molecule has 0 unspecified atom stereocenters. The van der Waals surface area contributed by atoms with E-state index in [4.69, 9.17) is 4.74 Å². The van der Waals surface area contributed by atoms with Crippen LogP contribution < -0.4 is 4.74 Å². The van der Waals surface area contributed by atoms with Crippen molar-refractivity contribution in [3.05, 3.63) is 23.9 Å². The lowest BCUT2D eigenvalue weighted by Gasteiger charge is -2.20. The van der Waals surface area contributed by atoms with Crippen molar-refractivity contribution in [2.24, 2.45) is 0 Å². The molecule has 0 aromatic carbocycles. The molecule has 3 nitrogen and oxygen atoms in total. The van der Waals surface area contributed by atoms with Gasteiger partial charge in [-0.3, -0.25) is 4.90 Å². The molecule has 1 aliphatic rings. The third-order valence-corrected chi connectivity index (χ3v) is 3.15. The van der Waals surface area contributed by atoms with Crippen molar-refractivity contribution in [2.45, 2.75) is 25.4 Å². The summed E-state index contributed by atoms with van der Waals surface area (Å²) in [5, 5.41) is 1.02. The summed E-state index contributed by atoms with van der Waals surface area (Å²) in [4.78, 5) is 6.93. The maximum atomic E-state index is 5.13. The Labute approximate surface area is 105 Å². The zero-order chi connectivity index (χ0) is 11.4. The number of rotatable bonds is 6. The molecule has 0 radical (unpaired) electrons. The molecule has 0 N–H and O–H groups in total. The Morgan fingerprint density at radius 2 is 2.31 bits per heavy atom. The average molecular weight is 285 g/mol. The third-order valence-electron chi connectivity index (χ3n) is 2.79. The number of nitrogens with zero attached hydrogens (tertiary/aromatic N) is 2. The first kappa shape index (κ1) is 11.9. The normalized spacial score (nSPS) is 15.4. The molecule has 0 bridgehead atoms. The Balaban J connectivity index is 1.99. The van der Waals surface area contributed by atoms with Gasteiger partial charge in [-0.15, -0.1) is 0 Å². The summed E-state index contributed by atoms with van der Waals surface area (Å²) in [7, 11) is 1.66. The number of aromatic nitrogens is 1. The highest BCUT2D eigenvalue weighted by atomic mass is 79.9. The van der Waals surface area contributed by atoms with E-state index >= 15 is 0 Å². The first-order chi connectivity index (χ1) is 7.83. The molecule has 2 rings (SSSR count). The molecular formula is C12H17BrN2O. The highest BCUT2D eigenvalue weighted by molar-refractivity contribution is 9.09. The molecule has 88 valence electrons. The van der Waals surface area contributed by atoms with Gasteiger partial charge in [0.15, 0.2) is 0 Å². The number of hydrogen-bond acceptors (Lipinski definition) is 3. The topological polar surface area (TPSA) is 25.4 Å². The predicted octanol–water partition coefficient (Wildman–Crippen LogP) is 2.45. The molecule has 1 aromatic rings. The van der Waals surface area contributed by atoms with Crippen molar-refractivity contribution in [1.82, 2.24) is 9.88 Å². The van der Waals surface area contributed by atoms with Crippen molar-refractivity contribution in [2.75, 3.05) is 19.0 Å². The zero-order valence-electron chi connectivity index (χ0n) is 9.53. The first-order valence-corrected chi connectivity index (χ1v) is 6.75. The molecule has 0 atom stereocenters.